The number of hydrogen-bond acceptors (Lipinski definition) is 5. The van der Waals surface area contributed by atoms with Gasteiger partial charge >= 0.3 is 5.97 Å². The van der Waals surface area contributed by atoms with Crippen LogP contribution in [0.2, 0.25) is 0 Å². The lowest BCUT2D eigenvalue weighted by molar-refractivity contribution is -0.145. The van der Waals surface area contributed by atoms with E-state index in [1.165, 1.54) is 35.3 Å². The summed E-state index contributed by atoms with van der Waals surface area (Å²) in [6, 6.07) is 19.1. The molecule has 0 aliphatic heterocycles. The van der Waals surface area contributed by atoms with Gasteiger partial charge in [-0.25, -0.2) is 0 Å². The van der Waals surface area contributed by atoms with Gasteiger partial charge in [-0.3, -0.25) is 4.79 Å². The average Bonchev–Trinajstić information content (AvgIpc) is 3.67. The molecule has 2 N–H and O–H groups in total. The van der Waals surface area contributed by atoms with Gasteiger partial charge in [0.15, 0.2) is 0 Å². The topological polar surface area (TPSA) is 59.6 Å². The van der Waals surface area contributed by atoms with Crippen molar-refractivity contribution < 1.29 is 14.3 Å². The number of rotatable bonds is 11. The zero-order valence-corrected chi connectivity index (χ0v) is 23.6. The van der Waals surface area contributed by atoms with Crippen LogP contribution in [0.5, 0.6) is 5.75 Å². The van der Waals surface area contributed by atoms with Crippen LogP contribution in [-0.2, 0) is 22.4 Å². The highest BCUT2D eigenvalue weighted by molar-refractivity contribution is 5.77. The molecule has 3 aromatic carbocycles. The van der Waals surface area contributed by atoms with Crippen LogP contribution in [0.4, 0.5) is 11.4 Å². The molecule has 0 spiro atoms. The van der Waals surface area contributed by atoms with Gasteiger partial charge in [-0.2, -0.15) is 0 Å². The van der Waals surface area contributed by atoms with Crippen molar-refractivity contribution in [2.75, 3.05) is 38.9 Å². The van der Waals surface area contributed by atoms with E-state index >= 15 is 0 Å². The number of benzene rings is 3. The van der Waals surface area contributed by atoms with Gasteiger partial charge in [0.05, 0.1) is 31.5 Å². The molecule has 0 aromatic heterocycles. The Morgan fingerprint density at radius 2 is 1.66 bits per heavy atom. The fourth-order valence-corrected chi connectivity index (χ4v) is 5.40. The molecular weight excluding hydrogens is 472 g/mol. The maximum absolute atomic E-state index is 12.8. The first kappa shape index (κ1) is 27.3. The third-order valence-electron chi connectivity index (χ3n) is 7.78. The number of esters is 1. The van der Waals surface area contributed by atoms with E-state index in [9.17, 15) is 4.79 Å². The number of allylic oxidation sites excluding steroid dienone is 2. The van der Waals surface area contributed by atoms with Gasteiger partial charge < -0.3 is 20.1 Å². The molecule has 1 aliphatic rings. The van der Waals surface area contributed by atoms with Crippen molar-refractivity contribution in [1.29, 1.82) is 0 Å². The van der Waals surface area contributed by atoms with Crippen LogP contribution in [0.25, 0.3) is 0 Å². The molecule has 0 saturated heterocycles. The summed E-state index contributed by atoms with van der Waals surface area (Å²) in [5, 5.41) is 6.59. The van der Waals surface area contributed by atoms with Crippen LogP contribution >= 0.6 is 0 Å². The van der Waals surface area contributed by atoms with Crippen LogP contribution in [0.15, 0.2) is 66.2 Å². The molecule has 1 radical (unpaired) electrons. The summed E-state index contributed by atoms with van der Waals surface area (Å²) >= 11 is 0. The highest BCUT2D eigenvalue weighted by atomic mass is 16.5. The van der Waals surface area contributed by atoms with Crippen LogP contribution in [-0.4, -0.2) is 34.3 Å². The molecule has 38 heavy (non-hydrogen) atoms. The summed E-state index contributed by atoms with van der Waals surface area (Å²) in [4.78, 5) is 12.8. The van der Waals surface area contributed by atoms with Crippen molar-refractivity contribution in [2.45, 2.75) is 39.5 Å². The predicted molar refractivity (Wildman–Crippen MR) is 156 cm³/mol. The standard InChI is InChI=1S/C33H39N2O3/c1-20-8-11-24(17-25(20)18-27-19-26(27)16-23-9-12-28(37-6)13-10-23)31(22(3)33(36)38-7)29-14-15-30(34-4)32(35-5)21(29)2/h8-15,17,19,22,31,34-35H,16,18H2,1-7H3/t22-,31+/m1/s1. The zero-order chi connectivity index (χ0) is 27.4. The third kappa shape index (κ3) is 5.72. The number of hydrogen-bond donors (Lipinski definition) is 2. The SMILES string of the molecule is CNc1ccc([C@H](c2ccc(C)c(C[C]3C=C3Cc3ccc(OC)cc3)c2)[C@@H](C)C(=O)OC)c(C)c1NC. The summed E-state index contributed by atoms with van der Waals surface area (Å²) in [5.41, 5.74) is 10.7. The Balaban J connectivity index is 1.61. The molecule has 0 amide bonds. The van der Waals surface area contributed by atoms with Crippen LogP contribution < -0.4 is 15.4 Å². The minimum Gasteiger partial charge on any atom is -0.497 e. The monoisotopic (exact) mass is 511 g/mol. The third-order valence-corrected chi connectivity index (χ3v) is 7.78. The molecule has 0 heterocycles. The van der Waals surface area contributed by atoms with Gasteiger partial charge in [0.1, 0.15) is 5.75 Å². The molecular formula is C33H39N2O3. The van der Waals surface area contributed by atoms with E-state index in [-0.39, 0.29) is 17.8 Å². The Hall–Kier alpha value is -3.73. The number of ether oxygens (including phenoxy) is 2. The maximum atomic E-state index is 12.8. The van der Waals surface area contributed by atoms with E-state index in [0.717, 1.165) is 46.7 Å². The molecule has 3 aromatic rings. The van der Waals surface area contributed by atoms with Gasteiger partial charge in [0.2, 0.25) is 0 Å². The minimum atomic E-state index is -0.336. The quantitative estimate of drug-likeness (QED) is 0.283. The molecule has 4 rings (SSSR count). The number of nitrogens with one attached hydrogen (secondary N) is 2. The van der Waals surface area contributed by atoms with Crippen LogP contribution in [0.3, 0.4) is 0 Å². The molecule has 0 bridgehead atoms. The fraction of sp³-hybridized carbons (Fsp3) is 0.333. The Labute approximate surface area is 227 Å². The largest absolute Gasteiger partial charge is 0.497 e. The summed E-state index contributed by atoms with van der Waals surface area (Å²) in [6.45, 7) is 6.24. The molecule has 1 aliphatic carbocycles. The van der Waals surface area contributed by atoms with Crippen molar-refractivity contribution in [1.82, 2.24) is 0 Å². The first-order valence-corrected chi connectivity index (χ1v) is 13.2. The lowest BCUT2D eigenvalue weighted by Crippen LogP contribution is -2.23. The van der Waals surface area contributed by atoms with E-state index < -0.39 is 0 Å². The van der Waals surface area contributed by atoms with Gasteiger partial charge in [0, 0.05) is 25.9 Å². The molecule has 5 heteroatoms. The minimum absolute atomic E-state index is 0.129. The molecule has 199 valence electrons. The van der Waals surface area contributed by atoms with Crippen molar-refractivity contribution in [3.05, 3.63) is 106 Å². The van der Waals surface area contributed by atoms with Crippen molar-refractivity contribution in [3.63, 3.8) is 0 Å². The Bertz CT molecular complexity index is 1330. The van der Waals surface area contributed by atoms with E-state index in [0.29, 0.717) is 0 Å². The van der Waals surface area contributed by atoms with E-state index in [1.807, 2.05) is 33.2 Å². The van der Waals surface area contributed by atoms with Gasteiger partial charge in [-0.1, -0.05) is 55.0 Å². The lowest BCUT2D eigenvalue weighted by atomic mass is 9.78. The second-order valence-corrected chi connectivity index (χ2v) is 10.1. The van der Waals surface area contributed by atoms with Crippen molar-refractivity contribution >= 4 is 17.3 Å². The smallest absolute Gasteiger partial charge is 0.309 e. The normalized spacial score (nSPS) is 14.3. The number of carbonyl (C=O) groups excluding carboxylic acids is 1. The summed E-state index contributed by atoms with van der Waals surface area (Å²) in [7, 11) is 7.00. The molecule has 0 saturated carbocycles. The number of carbonyl (C=O) groups is 1. The number of anilines is 2. The first-order valence-electron chi connectivity index (χ1n) is 13.2. The molecule has 5 nitrogen and oxygen atoms in total. The van der Waals surface area contributed by atoms with Crippen LogP contribution in [0.1, 0.15) is 46.2 Å². The second-order valence-electron chi connectivity index (χ2n) is 10.1. The summed E-state index contributed by atoms with van der Waals surface area (Å²) in [6.07, 6.45) is 4.12. The van der Waals surface area contributed by atoms with E-state index in [2.05, 4.69) is 73.0 Å². The Morgan fingerprint density at radius 3 is 2.29 bits per heavy atom. The Kier molecular flexibility index (Phi) is 8.45. The van der Waals surface area contributed by atoms with Gasteiger partial charge in [0.25, 0.3) is 0 Å². The summed E-state index contributed by atoms with van der Waals surface area (Å²) in [5.74, 6) is 1.60. The second kappa shape index (κ2) is 11.8. The molecule has 0 unspecified atom stereocenters. The van der Waals surface area contributed by atoms with Crippen LogP contribution in [0, 0.1) is 25.7 Å². The zero-order valence-electron chi connectivity index (χ0n) is 23.6. The Morgan fingerprint density at radius 1 is 0.921 bits per heavy atom. The molecule has 2 atom stereocenters. The van der Waals surface area contributed by atoms with Gasteiger partial charge in [-0.05, 0) is 78.3 Å². The average molecular weight is 512 g/mol. The highest BCUT2D eigenvalue weighted by Crippen LogP contribution is 2.42. The number of aryl methyl sites for hydroxylation is 1. The predicted octanol–water partition coefficient (Wildman–Crippen LogP) is 6.64. The fourth-order valence-electron chi connectivity index (χ4n) is 5.40. The first-order chi connectivity index (χ1) is 18.3. The molecule has 0 fully saturated rings. The van der Waals surface area contributed by atoms with E-state index in [4.69, 9.17) is 9.47 Å². The lowest BCUT2D eigenvalue weighted by Gasteiger charge is -2.27. The van der Waals surface area contributed by atoms with Gasteiger partial charge in [-0.15, -0.1) is 0 Å². The maximum Gasteiger partial charge on any atom is 0.309 e. The summed E-state index contributed by atoms with van der Waals surface area (Å²) < 4.78 is 10.5. The number of methoxy groups -OCH3 is 2. The highest BCUT2D eigenvalue weighted by Gasteiger charge is 2.31. The van der Waals surface area contributed by atoms with Crippen molar-refractivity contribution in [2.24, 2.45) is 5.92 Å². The van der Waals surface area contributed by atoms with E-state index in [1.54, 1.807) is 7.11 Å². The van der Waals surface area contributed by atoms with Crippen molar-refractivity contribution in [3.8, 4) is 5.75 Å².